The molecule has 0 unspecified atom stereocenters. The van der Waals surface area contributed by atoms with Crippen LogP contribution in [0.25, 0.3) is 6.08 Å². The first-order chi connectivity index (χ1) is 13.2. The molecule has 0 spiro atoms. The Morgan fingerprint density at radius 3 is 2.78 bits per heavy atom. The van der Waals surface area contributed by atoms with Crippen LogP contribution in [0.4, 0.5) is 5.69 Å². The van der Waals surface area contributed by atoms with Crippen LogP contribution in [-0.2, 0) is 6.67 Å². The topological polar surface area (TPSA) is 56.1 Å². The second-order valence-corrected chi connectivity index (χ2v) is 7.64. The summed E-state index contributed by atoms with van der Waals surface area (Å²) < 4.78 is 13.1. The van der Waals surface area contributed by atoms with Crippen molar-refractivity contribution in [2.24, 2.45) is 4.99 Å². The van der Waals surface area contributed by atoms with E-state index >= 15 is 0 Å². The lowest BCUT2D eigenvalue weighted by Gasteiger charge is -2.25. The van der Waals surface area contributed by atoms with Gasteiger partial charge < -0.3 is 14.4 Å². The van der Waals surface area contributed by atoms with E-state index in [0.717, 1.165) is 21.8 Å². The number of nitrogens with zero attached hydrogens (tertiary/aromatic N) is 3. The highest BCUT2D eigenvalue weighted by molar-refractivity contribution is 7.07. The van der Waals surface area contributed by atoms with Crippen molar-refractivity contribution in [2.75, 3.05) is 18.4 Å². The molecule has 0 aliphatic carbocycles. The van der Waals surface area contributed by atoms with Crippen molar-refractivity contribution >= 4 is 34.7 Å². The van der Waals surface area contributed by atoms with Gasteiger partial charge in [-0.15, -0.1) is 0 Å². The van der Waals surface area contributed by atoms with Gasteiger partial charge in [0.1, 0.15) is 13.3 Å². The number of rotatable bonds is 2. The van der Waals surface area contributed by atoms with Gasteiger partial charge in [0.15, 0.2) is 16.3 Å². The summed E-state index contributed by atoms with van der Waals surface area (Å²) >= 11 is 7.33. The Bertz CT molecular complexity index is 1200. The minimum Gasteiger partial charge on any atom is -0.454 e. The fourth-order valence-electron chi connectivity index (χ4n) is 3.07. The van der Waals surface area contributed by atoms with Gasteiger partial charge in [0.2, 0.25) is 6.79 Å². The van der Waals surface area contributed by atoms with Gasteiger partial charge in [-0.3, -0.25) is 9.36 Å². The van der Waals surface area contributed by atoms with Crippen molar-refractivity contribution in [1.82, 2.24) is 4.57 Å². The van der Waals surface area contributed by atoms with Crippen LogP contribution in [0.3, 0.4) is 0 Å². The third-order valence-electron chi connectivity index (χ3n) is 4.47. The first-order valence-electron chi connectivity index (χ1n) is 8.33. The minimum atomic E-state index is -0.0425. The number of ether oxygens (including phenoxy) is 2. The average molecular weight is 400 g/mol. The van der Waals surface area contributed by atoms with Gasteiger partial charge in [0.05, 0.1) is 4.53 Å². The Labute approximate surface area is 163 Å². The van der Waals surface area contributed by atoms with Crippen LogP contribution in [0.15, 0.2) is 52.3 Å². The number of fused-ring (bicyclic) bond motifs is 2. The summed E-state index contributed by atoms with van der Waals surface area (Å²) in [5.41, 5.74) is 1.83. The SMILES string of the molecule is O=c1c(=Cc2ccc(Cl)cc2)sc2n1CN(c1ccc3c(c1)OCO3)CN=2. The van der Waals surface area contributed by atoms with Crippen LogP contribution in [0.2, 0.25) is 5.02 Å². The zero-order chi connectivity index (χ0) is 18.4. The van der Waals surface area contributed by atoms with Crippen molar-refractivity contribution in [3.8, 4) is 11.5 Å². The number of hydrogen-bond donors (Lipinski definition) is 0. The molecular weight excluding hydrogens is 386 g/mol. The molecule has 0 N–H and O–H groups in total. The smallest absolute Gasteiger partial charge is 0.271 e. The Hall–Kier alpha value is -2.77. The van der Waals surface area contributed by atoms with Crippen LogP contribution >= 0.6 is 22.9 Å². The Kier molecular flexibility index (Phi) is 3.91. The van der Waals surface area contributed by atoms with Gasteiger partial charge in [-0.2, -0.15) is 0 Å². The number of anilines is 1. The molecule has 2 aliphatic rings. The number of thiazole rings is 1. The lowest BCUT2D eigenvalue weighted by molar-refractivity contribution is 0.174. The van der Waals surface area contributed by atoms with E-state index < -0.39 is 0 Å². The Balaban J connectivity index is 1.49. The maximum atomic E-state index is 12.8. The van der Waals surface area contributed by atoms with Crippen molar-refractivity contribution in [3.05, 3.63) is 72.7 Å². The van der Waals surface area contributed by atoms with E-state index in [1.807, 2.05) is 53.4 Å². The maximum Gasteiger partial charge on any atom is 0.271 e. The van der Waals surface area contributed by atoms with Crippen LogP contribution in [0.1, 0.15) is 5.56 Å². The van der Waals surface area contributed by atoms with Gasteiger partial charge >= 0.3 is 0 Å². The summed E-state index contributed by atoms with van der Waals surface area (Å²) in [6.07, 6.45) is 1.87. The molecule has 0 saturated carbocycles. The van der Waals surface area contributed by atoms with E-state index in [-0.39, 0.29) is 12.4 Å². The third kappa shape index (κ3) is 2.98. The lowest BCUT2D eigenvalue weighted by atomic mass is 10.2. The Morgan fingerprint density at radius 2 is 1.93 bits per heavy atom. The molecule has 136 valence electrons. The predicted molar refractivity (Wildman–Crippen MR) is 104 cm³/mol. The zero-order valence-corrected chi connectivity index (χ0v) is 15.7. The second-order valence-electron chi connectivity index (χ2n) is 6.20. The molecule has 0 amide bonds. The van der Waals surface area contributed by atoms with Gasteiger partial charge in [0, 0.05) is 16.8 Å². The largest absolute Gasteiger partial charge is 0.454 e. The molecule has 5 rings (SSSR count). The fraction of sp³-hybridized carbons (Fsp3) is 0.158. The van der Waals surface area contributed by atoms with E-state index in [9.17, 15) is 4.79 Å². The van der Waals surface area contributed by atoms with E-state index in [1.54, 1.807) is 4.57 Å². The van der Waals surface area contributed by atoms with Crippen LogP contribution in [-0.4, -0.2) is 18.0 Å². The van der Waals surface area contributed by atoms with Crippen molar-refractivity contribution in [3.63, 3.8) is 0 Å². The molecule has 6 nitrogen and oxygen atoms in total. The molecule has 0 radical (unpaired) electrons. The molecule has 27 heavy (non-hydrogen) atoms. The standard InChI is InChI=1S/C19H14ClN3O3S/c20-13-3-1-12(2-4-13)7-17-18(24)23-10-22(9-21-19(23)27-17)14-5-6-15-16(8-14)26-11-25-15/h1-8H,9-11H2. The number of aromatic nitrogens is 1. The number of benzene rings is 2. The van der Waals surface area contributed by atoms with Crippen LogP contribution < -0.4 is 29.3 Å². The minimum absolute atomic E-state index is 0.0425. The molecule has 3 heterocycles. The van der Waals surface area contributed by atoms with Gasteiger partial charge in [0.25, 0.3) is 5.56 Å². The quantitative estimate of drug-likeness (QED) is 0.662. The summed E-state index contributed by atoms with van der Waals surface area (Å²) in [5.74, 6) is 1.45. The van der Waals surface area contributed by atoms with Crippen molar-refractivity contribution in [2.45, 2.75) is 6.67 Å². The first kappa shape index (κ1) is 16.4. The molecule has 8 heteroatoms. The normalized spacial score (nSPS) is 15.6. The molecule has 0 fully saturated rings. The number of halogens is 1. The maximum absolute atomic E-state index is 12.8. The third-order valence-corrected chi connectivity index (χ3v) is 5.76. The highest BCUT2D eigenvalue weighted by Crippen LogP contribution is 2.35. The second kappa shape index (κ2) is 6.44. The molecule has 0 saturated heterocycles. The summed E-state index contributed by atoms with van der Waals surface area (Å²) in [7, 11) is 0. The molecule has 1 aromatic heterocycles. The molecule has 2 aliphatic heterocycles. The van der Waals surface area contributed by atoms with Crippen LogP contribution in [0, 0.1) is 0 Å². The highest BCUT2D eigenvalue weighted by Gasteiger charge is 2.19. The average Bonchev–Trinajstić information content (AvgIpc) is 3.27. The number of hydrogen-bond acceptors (Lipinski definition) is 6. The van der Waals surface area contributed by atoms with Gasteiger partial charge in [-0.25, -0.2) is 4.99 Å². The highest BCUT2D eigenvalue weighted by atomic mass is 35.5. The van der Waals surface area contributed by atoms with Gasteiger partial charge in [-0.05, 0) is 35.9 Å². The molecule has 0 atom stereocenters. The first-order valence-corrected chi connectivity index (χ1v) is 9.53. The Morgan fingerprint density at radius 1 is 1.11 bits per heavy atom. The lowest BCUT2D eigenvalue weighted by Crippen LogP contribution is -2.42. The van der Waals surface area contributed by atoms with E-state index in [2.05, 4.69) is 4.99 Å². The zero-order valence-electron chi connectivity index (χ0n) is 14.1. The van der Waals surface area contributed by atoms with E-state index in [4.69, 9.17) is 21.1 Å². The van der Waals surface area contributed by atoms with Crippen molar-refractivity contribution in [1.29, 1.82) is 0 Å². The summed E-state index contributed by atoms with van der Waals surface area (Å²) in [5, 5.41) is 0.670. The summed E-state index contributed by atoms with van der Waals surface area (Å²) in [6.45, 7) is 1.17. The molecule has 3 aromatic rings. The van der Waals surface area contributed by atoms with Crippen LogP contribution in [0.5, 0.6) is 11.5 Å². The van der Waals surface area contributed by atoms with Gasteiger partial charge in [-0.1, -0.05) is 35.1 Å². The van der Waals surface area contributed by atoms with E-state index in [1.165, 1.54) is 11.3 Å². The molecular formula is C19H14ClN3O3S. The molecule has 2 aromatic carbocycles. The molecule has 0 bridgehead atoms. The fourth-order valence-corrected chi connectivity index (χ4v) is 4.16. The summed E-state index contributed by atoms with van der Waals surface area (Å²) in [6, 6.07) is 13.1. The summed E-state index contributed by atoms with van der Waals surface area (Å²) in [4.78, 5) is 20.2. The monoisotopic (exact) mass is 399 g/mol. The predicted octanol–water partition coefficient (Wildman–Crippen LogP) is 2.18. The van der Waals surface area contributed by atoms with Crippen molar-refractivity contribution < 1.29 is 9.47 Å². The van der Waals surface area contributed by atoms with E-state index in [0.29, 0.717) is 28.6 Å².